The van der Waals surface area contributed by atoms with Gasteiger partial charge in [0.25, 0.3) is 0 Å². The molecule has 1 aliphatic carbocycles. The molecule has 224 valence electrons. The molecule has 0 aliphatic heterocycles. The summed E-state index contributed by atoms with van der Waals surface area (Å²) in [5, 5.41) is 33.0. The standard InChI is InChI=1S/C33H41FN4O4/c1-20(2)32-27(13-12-23(39)18-24(40)19-30(41)42)31(21-8-10-22(34)11-9-21)26-6-5-7-28-25(33(26)37-32)14-15-29(36-28)35-16-17-38(3)4/h8-15,20,23-24,39-40H,5-7,16-19H2,1-4H3,(H,35,36)(H,41,42)/t23-,24-/m1/s1. The maximum absolute atomic E-state index is 14.0. The van der Waals surface area contributed by atoms with Gasteiger partial charge in [-0.3, -0.25) is 9.78 Å². The monoisotopic (exact) mass is 576 g/mol. The number of aryl methyl sites for hydroxylation is 1. The number of halogens is 1. The molecule has 0 radical (unpaired) electrons. The predicted molar refractivity (Wildman–Crippen MR) is 164 cm³/mol. The highest BCUT2D eigenvalue weighted by atomic mass is 19.1. The van der Waals surface area contributed by atoms with E-state index in [4.69, 9.17) is 15.1 Å². The van der Waals surface area contributed by atoms with Crippen molar-refractivity contribution in [1.29, 1.82) is 0 Å². The molecule has 2 atom stereocenters. The van der Waals surface area contributed by atoms with Gasteiger partial charge in [0, 0.05) is 30.6 Å². The fourth-order valence-corrected chi connectivity index (χ4v) is 5.37. The summed E-state index contributed by atoms with van der Waals surface area (Å²) in [5.41, 5.74) is 7.30. The molecule has 4 N–H and O–H groups in total. The number of aliphatic hydroxyl groups excluding tert-OH is 2. The van der Waals surface area contributed by atoms with Crippen molar-refractivity contribution in [3.8, 4) is 22.4 Å². The maximum atomic E-state index is 14.0. The Morgan fingerprint density at radius 1 is 1.10 bits per heavy atom. The third kappa shape index (κ3) is 7.79. The van der Waals surface area contributed by atoms with Gasteiger partial charge in [0.15, 0.2) is 0 Å². The molecule has 1 aromatic carbocycles. The topological polar surface area (TPSA) is 119 Å². The average molecular weight is 577 g/mol. The zero-order chi connectivity index (χ0) is 30.4. The first-order valence-corrected chi connectivity index (χ1v) is 14.5. The van der Waals surface area contributed by atoms with E-state index in [2.05, 4.69) is 30.1 Å². The van der Waals surface area contributed by atoms with Gasteiger partial charge in [-0.1, -0.05) is 38.1 Å². The summed E-state index contributed by atoms with van der Waals surface area (Å²) in [6.07, 6.45) is 3.01. The highest BCUT2D eigenvalue weighted by Gasteiger charge is 2.26. The van der Waals surface area contributed by atoms with Crippen molar-refractivity contribution < 1.29 is 24.5 Å². The molecule has 0 bridgehead atoms. The van der Waals surface area contributed by atoms with Gasteiger partial charge in [0.1, 0.15) is 11.6 Å². The van der Waals surface area contributed by atoms with Gasteiger partial charge < -0.3 is 25.5 Å². The fourth-order valence-electron chi connectivity index (χ4n) is 5.37. The summed E-state index contributed by atoms with van der Waals surface area (Å²) in [7, 11) is 4.07. The van der Waals surface area contributed by atoms with Gasteiger partial charge in [-0.15, -0.1) is 0 Å². The fraction of sp³-hybridized carbons (Fsp3) is 0.424. The zero-order valence-electron chi connectivity index (χ0n) is 24.8. The molecule has 0 saturated carbocycles. The number of anilines is 1. The molecule has 42 heavy (non-hydrogen) atoms. The minimum atomic E-state index is -1.17. The van der Waals surface area contributed by atoms with Crippen LogP contribution in [-0.2, 0) is 17.6 Å². The third-order valence-electron chi connectivity index (χ3n) is 7.39. The molecule has 8 nitrogen and oxygen atoms in total. The van der Waals surface area contributed by atoms with Crippen LogP contribution in [0.15, 0.2) is 42.5 Å². The summed E-state index contributed by atoms with van der Waals surface area (Å²) >= 11 is 0. The first-order chi connectivity index (χ1) is 20.0. The molecular weight excluding hydrogens is 535 g/mol. The zero-order valence-corrected chi connectivity index (χ0v) is 24.8. The Morgan fingerprint density at radius 2 is 1.83 bits per heavy atom. The van der Waals surface area contributed by atoms with Crippen LogP contribution in [0.1, 0.15) is 61.5 Å². The molecule has 2 aromatic heterocycles. The molecule has 0 spiro atoms. The smallest absolute Gasteiger partial charge is 0.305 e. The van der Waals surface area contributed by atoms with Crippen molar-refractivity contribution >= 4 is 17.9 Å². The lowest BCUT2D eigenvalue weighted by Gasteiger charge is -2.22. The van der Waals surface area contributed by atoms with E-state index in [0.29, 0.717) is 0 Å². The summed E-state index contributed by atoms with van der Waals surface area (Å²) in [4.78, 5) is 23.2. The van der Waals surface area contributed by atoms with Crippen LogP contribution in [0.5, 0.6) is 0 Å². The number of hydrogen-bond donors (Lipinski definition) is 4. The molecule has 0 saturated heterocycles. The molecule has 0 amide bonds. The first kappa shape index (κ1) is 31.3. The summed E-state index contributed by atoms with van der Waals surface area (Å²) < 4.78 is 14.0. The van der Waals surface area contributed by atoms with Crippen LogP contribution in [0.4, 0.5) is 10.2 Å². The molecule has 0 unspecified atom stereocenters. The van der Waals surface area contributed by atoms with Crippen molar-refractivity contribution in [2.75, 3.05) is 32.5 Å². The average Bonchev–Trinajstić information content (AvgIpc) is 3.09. The van der Waals surface area contributed by atoms with E-state index in [0.717, 1.165) is 83.1 Å². The lowest BCUT2D eigenvalue weighted by atomic mass is 9.86. The normalized spacial score (nSPS) is 14.5. The number of likely N-dealkylation sites (N-methyl/N-ethyl adjacent to an activating group) is 1. The van der Waals surface area contributed by atoms with Gasteiger partial charge in [0.2, 0.25) is 0 Å². The van der Waals surface area contributed by atoms with Crippen molar-refractivity contribution in [2.45, 2.75) is 64.1 Å². The number of rotatable bonds is 12. The Kier molecular flexibility index (Phi) is 10.4. The van der Waals surface area contributed by atoms with Crippen LogP contribution < -0.4 is 5.32 Å². The molecule has 9 heteroatoms. The minimum absolute atomic E-state index is 0.0236. The molecule has 2 heterocycles. The van der Waals surface area contributed by atoms with Gasteiger partial charge in [-0.05, 0) is 80.2 Å². The van der Waals surface area contributed by atoms with Crippen LogP contribution in [0.3, 0.4) is 0 Å². The number of nitrogens with one attached hydrogen (secondary N) is 1. The Labute approximate surface area is 247 Å². The van der Waals surface area contributed by atoms with E-state index in [1.165, 1.54) is 12.1 Å². The van der Waals surface area contributed by atoms with Crippen molar-refractivity contribution in [2.24, 2.45) is 0 Å². The van der Waals surface area contributed by atoms with Crippen molar-refractivity contribution in [1.82, 2.24) is 14.9 Å². The largest absolute Gasteiger partial charge is 0.481 e. The van der Waals surface area contributed by atoms with Crippen LogP contribution in [0, 0.1) is 5.82 Å². The van der Waals surface area contributed by atoms with Crippen molar-refractivity contribution in [3.05, 3.63) is 70.8 Å². The maximum Gasteiger partial charge on any atom is 0.305 e. The Hall–Kier alpha value is -3.66. The van der Waals surface area contributed by atoms with E-state index in [-0.39, 0.29) is 18.2 Å². The summed E-state index contributed by atoms with van der Waals surface area (Å²) in [5.74, 6) is -0.594. The number of hydrogen-bond acceptors (Lipinski definition) is 7. The summed E-state index contributed by atoms with van der Waals surface area (Å²) in [6, 6.07) is 10.5. The number of aromatic nitrogens is 2. The third-order valence-corrected chi connectivity index (χ3v) is 7.39. The van der Waals surface area contributed by atoms with Gasteiger partial charge in [0.05, 0.1) is 35.7 Å². The minimum Gasteiger partial charge on any atom is -0.481 e. The van der Waals surface area contributed by atoms with Gasteiger partial charge in [-0.2, -0.15) is 0 Å². The van der Waals surface area contributed by atoms with E-state index in [9.17, 15) is 19.4 Å². The predicted octanol–water partition coefficient (Wildman–Crippen LogP) is 5.14. The highest BCUT2D eigenvalue weighted by molar-refractivity contribution is 5.85. The number of nitrogens with zero attached hydrogens (tertiary/aromatic N) is 3. The van der Waals surface area contributed by atoms with E-state index in [1.54, 1.807) is 24.3 Å². The molecular formula is C33H41FN4O4. The molecule has 3 aromatic rings. The second-order valence-corrected chi connectivity index (χ2v) is 11.5. The SMILES string of the molecule is CC(C)c1nc2c(c(-c3ccc(F)cc3)c1C=C[C@@H](O)C[C@@H](O)CC(=O)O)CCCc1nc(NCCN(C)C)ccc1-2. The van der Waals surface area contributed by atoms with Crippen LogP contribution >= 0.6 is 0 Å². The second kappa shape index (κ2) is 14.0. The van der Waals surface area contributed by atoms with Crippen molar-refractivity contribution in [3.63, 3.8) is 0 Å². The number of pyridine rings is 2. The van der Waals surface area contributed by atoms with E-state index in [1.807, 2.05) is 20.2 Å². The highest BCUT2D eigenvalue weighted by Crippen LogP contribution is 2.42. The number of benzene rings is 1. The van der Waals surface area contributed by atoms with E-state index >= 15 is 0 Å². The van der Waals surface area contributed by atoms with E-state index < -0.39 is 24.6 Å². The second-order valence-electron chi connectivity index (χ2n) is 11.5. The molecule has 1 aliphatic rings. The van der Waals surface area contributed by atoms with Crippen LogP contribution in [0.2, 0.25) is 0 Å². The van der Waals surface area contributed by atoms with Crippen LogP contribution in [-0.4, -0.2) is 75.5 Å². The number of carboxylic acids is 1. The number of carboxylic acid groups (broad SMARTS) is 1. The quantitative estimate of drug-likeness (QED) is 0.234. The number of aliphatic hydroxyl groups is 2. The lowest BCUT2D eigenvalue weighted by Crippen LogP contribution is -2.21. The first-order valence-electron chi connectivity index (χ1n) is 14.5. The Balaban J connectivity index is 1.84. The Bertz CT molecular complexity index is 1420. The number of fused-ring (bicyclic) bond motifs is 3. The van der Waals surface area contributed by atoms with Crippen LogP contribution in [0.25, 0.3) is 28.5 Å². The summed E-state index contributed by atoms with van der Waals surface area (Å²) in [6.45, 7) is 5.79. The Morgan fingerprint density at radius 3 is 2.50 bits per heavy atom. The molecule has 4 rings (SSSR count). The van der Waals surface area contributed by atoms with Gasteiger partial charge >= 0.3 is 5.97 Å². The van der Waals surface area contributed by atoms with Gasteiger partial charge in [-0.25, -0.2) is 9.37 Å². The number of carbonyl (C=O) groups is 1. The lowest BCUT2D eigenvalue weighted by molar-refractivity contribution is -0.139. The molecule has 0 fully saturated rings. The number of aliphatic carboxylic acids is 1.